The Morgan fingerprint density at radius 2 is 0.938 bits per heavy atom. The van der Waals surface area contributed by atoms with Gasteiger partial charge in [-0.3, -0.25) is 0 Å². The summed E-state index contributed by atoms with van der Waals surface area (Å²) in [4.78, 5) is 0. The van der Waals surface area contributed by atoms with Gasteiger partial charge in [-0.15, -0.1) is 0 Å². The maximum atomic E-state index is 6.75. The fraction of sp³-hybridized carbons (Fsp3) is 0. The Labute approximate surface area is 274 Å². The third kappa shape index (κ3) is 2.95. The molecule has 0 spiro atoms. The molecule has 0 N–H and O–H groups in total. The first-order valence-electron chi connectivity index (χ1n) is 16.6. The van der Waals surface area contributed by atoms with E-state index in [1.54, 1.807) is 0 Å². The number of furan rings is 1. The van der Waals surface area contributed by atoms with Crippen LogP contribution in [0.5, 0.6) is 0 Å². The summed E-state index contributed by atoms with van der Waals surface area (Å²) in [6.07, 6.45) is 0. The second-order valence-corrected chi connectivity index (χ2v) is 13.2. The van der Waals surface area contributed by atoms with Crippen molar-refractivity contribution in [3.8, 4) is 27.9 Å². The van der Waals surface area contributed by atoms with Crippen LogP contribution >= 0.6 is 0 Å². The molecule has 9 aromatic carbocycles. The minimum atomic E-state index is 0.919. The molecule has 12 rings (SSSR count). The third-order valence-corrected chi connectivity index (χ3v) is 10.9. The average molecular weight is 608 g/mol. The molecule has 1 aliphatic carbocycles. The van der Waals surface area contributed by atoms with E-state index in [1.807, 2.05) is 0 Å². The van der Waals surface area contributed by atoms with Gasteiger partial charge in [0, 0.05) is 27.2 Å². The van der Waals surface area contributed by atoms with E-state index in [-0.39, 0.29) is 0 Å². The highest BCUT2D eigenvalue weighted by Gasteiger charge is 2.27. The first kappa shape index (κ1) is 24.8. The lowest BCUT2D eigenvalue weighted by Gasteiger charge is -2.15. The molecular formula is C46H25NO. The van der Waals surface area contributed by atoms with Crippen LogP contribution in [0.25, 0.3) is 115 Å². The van der Waals surface area contributed by atoms with Crippen LogP contribution in [-0.4, -0.2) is 4.57 Å². The number of hydrogen-bond acceptors (Lipinski definition) is 1. The molecule has 11 aromatic rings. The van der Waals surface area contributed by atoms with Crippen LogP contribution < -0.4 is 0 Å². The summed E-state index contributed by atoms with van der Waals surface area (Å²) in [5.74, 6) is 0. The molecule has 0 amide bonds. The number of benzene rings is 9. The molecule has 0 radical (unpaired) electrons. The molecule has 2 heterocycles. The van der Waals surface area contributed by atoms with Crippen molar-refractivity contribution in [1.29, 1.82) is 0 Å². The highest BCUT2D eigenvalue weighted by molar-refractivity contribution is 6.32. The van der Waals surface area contributed by atoms with Gasteiger partial charge in [0.25, 0.3) is 0 Å². The van der Waals surface area contributed by atoms with Crippen molar-refractivity contribution >= 4 is 86.8 Å². The maximum absolute atomic E-state index is 6.75. The fourth-order valence-electron chi connectivity index (χ4n) is 8.94. The number of nitrogens with zero attached hydrogens (tertiary/aromatic N) is 1. The average Bonchev–Trinajstić information content (AvgIpc) is 3.80. The van der Waals surface area contributed by atoms with Crippen molar-refractivity contribution in [1.82, 2.24) is 4.57 Å². The van der Waals surface area contributed by atoms with E-state index in [4.69, 9.17) is 4.42 Å². The second-order valence-electron chi connectivity index (χ2n) is 13.2. The Morgan fingerprint density at radius 3 is 1.71 bits per heavy atom. The minimum Gasteiger partial charge on any atom is -0.455 e. The number of aromatic nitrogens is 1. The zero-order valence-corrected chi connectivity index (χ0v) is 25.8. The minimum absolute atomic E-state index is 0.919. The van der Waals surface area contributed by atoms with Crippen LogP contribution in [0.15, 0.2) is 156 Å². The summed E-state index contributed by atoms with van der Waals surface area (Å²) in [7, 11) is 0. The molecule has 48 heavy (non-hydrogen) atoms. The summed E-state index contributed by atoms with van der Waals surface area (Å²) in [6, 6.07) is 55.7. The highest BCUT2D eigenvalue weighted by Crippen LogP contribution is 2.52. The van der Waals surface area contributed by atoms with Crippen LogP contribution in [0.4, 0.5) is 0 Å². The summed E-state index contributed by atoms with van der Waals surface area (Å²) < 4.78 is 9.25. The van der Waals surface area contributed by atoms with Gasteiger partial charge in [0.2, 0.25) is 0 Å². The third-order valence-electron chi connectivity index (χ3n) is 10.9. The SMILES string of the molecule is c1ccc2c(c1)-c1cccc3c1c-2cc1c2c4oc5ccccc5c4ccc2n(-c2ccc4c5ccccc5c5ccccc5c4c2)c31. The van der Waals surface area contributed by atoms with E-state index in [0.717, 1.165) is 38.5 Å². The molecule has 1 aliphatic rings. The smallest absolute Gasteiger partial charge is 0.145 e. The molecule has 2 heteroatoms. The Hall–Kier alpha value is -6.38. The van der Waals surface area contributed by atoms with Crippen molar-refractivity contribution in [3.63, 3.8) is 0 Å². The predicted octanol–water partition coefficient (Wildman–Crippen LogP) is 12.9. The summed E-state index contributed by atoms with van der Waals surface area (Å²) in [5.41, 5.74) is 10.6. The molecule has 0 saturated heterocycles. The van der Waals surface area contributed by atoms with Gasteiger partial charge >= 0.3 is 0 Å². The second kappa shape index (κ2) is 8.70. The van der Waals surface area contributed by atoms with Gasteiger partial charge in [-0.05, 0) is 96.4 Å². The molecular weight excluding hydrogens is 583 g/mol. The molecule has 0 atom stereocenters. The Bertz CT molecular complexity index is 3190. The van der Waals surface area contributed by atoms with Crippen LogP contribution in [0.3, 0.4) is 0 Å². The van der Waals surface area contributed by atoms with Crippen LogP contribution in [-0.2, 0) is 0 Å². The lowest BCUT2D eigenvalue weighted by Crippen LogP contribution is -1.95. The van der Waals surface area contributed by atoms with Crippen LogP contribution in [0.1, 0.15) is 0 Å². The lowest BCUT2D eigenvalue weighted by atomic mass is 9.94. The molecule has 220 valence electrons. The molecule has 2 nitrogen and oxygen atoms in total. The maximum Gasteiger partial charge on any atom is 0.145 e. The van der Waals surface area contributed by atoms with Gasteiger partial charge in [-0.2, -0.15) is 0 Å². The van der Waals surface area contributed by atoms with Gasteiger partial charge in [0.15, 0.2) is 0 Å². The van der Waals surface area contributed by atoms with Crippen molar-refractivity contribution < 1.29 is 4.42 Å². The van der Waals surface area contributed by atoms with E-state index >= 15 is 0 Å². The Balaban J connectivity index is 1.30. The van der Waals surface area contributed by atoms with E-state index in [9.17, 15) is 0 Å². The van der Waals surface area contributed by atoms with E-state index in [2.05, 4.69) is 156 Å². The number of para-hydroxylation sites is 1. The normalized spacial score (nSPS) is 12.6. The quantitative estimate of drug-likeness (QED) is 0.170. The van der Waals surface area contributed by atoms with Gasteiger partial charge in [0.05, 0.1) is 16.4 Å². The van der Waals surface area contributed by atoms with Crippen molar-refractivity contribution in [2.24, 2.45) is 0 Å². The van der Waals surface area contributed by atoms with Gasteiger partial charge in [-0.1, -0.05) is 115 Å². The highest BCUT2D eigenvalue weighted by atomic mass is 16.3. The van der Waals surface area contributed by atoms with Crippen molar-refractivity contribution in [2.75, 3.05) is 0 Å². The number of hydrogen-bond donors (Lipinski definition) is 0. The molecule has 0 saturated carbocycles. The van der Waals surface area contributed by atoms with Crippen molar-refractivity contribution in [2.45, 2.75) is 0 Å². The standard InChI is InChI=1S/C46H25NO/c1-2-12-29-27(10-1)28-11-3-5-14-31(28)38-24-26(20-21-33(29)38)47-41-23-22-36-34-16-7-8-19-42(34)48-46(36)44(41)40-25-39-32-15-6-4-13-30(32)35-17-9-18-37(43(35)39)45(40)47/h1-25H. The first-order valence-corrected chi connectivity index (χ1v) is 16.6. The summed E-state index contributed by atoms with van der Waals surface area (Å²) in [6.45, 7) is 0. The molecule has 0 fully saturated rings. The zero-order chi connectivity index (χ0) is 31.1. The number of rotatable bonds is 1. The number of fused-ring (bicyclic) bond motifs is 17. The van der Waals surface area contributed by atoms with Crippen LogP contribution in [0, 0.1) is 0 Å². The van der Waals surface area contributed by atoms with E-state index in [0.29, 0.717) is 0 Å². The van der Waals surface area contributed by atoms with Gasteiger partial charge in [0.1, 0.15) is 11.2 Å². The lowest BCUT2D eigenvalue weighted by molar-refractivity contribution is 0.673. The summed E-state index contributed by atoms with van der Waals surface area (Å²) in [5, 5.41) is 14.9. The zero-order valence-electron chi connectivity index (χ0n) is 25.8. The largest absolute Gasteiger partial charge is 0.455 e. The Morgan fingerprint density at radius 1 is 0.354 bits per heavy atom. The molecule has 0 unspecified atom stereocenters. The molecule has 0 aliphatic heterocycles. The first-order chi connectivity index (χ1) is 23.8. The van der Waals surface area contributed by atoms with Crippen LogP contribution in [0.2, 0.25) is 0 Å². The monoisotopic (exact) mass is 607 g/mol. The van der Waals surface area contributed by atoms with Gasteiger partial charge in [-0.25, -0.2) is 0 Å². The topological polar surface area (TPSA) is 18.1 Å². The van der Waals surface area contributed by atoms with E-state index < -0.39 is 0 Å². The van der Waals surface area contributed by atoms with E-state index in [1.165, 1.54) is 76.2 Å². The summed E-state index contributed by atoms with van der Waals surface area (Å²) >= 11 is 0. The Kier molecular flexibility index (Phi) is 4.49. The molecule has 2 aromatic heterocycles. The van der Waals surface area contributed by atoms with Crippen molar-refractivity contribution in [3.05, 3.63) is 152 Å². The fourth-order valence-corrected chi connectivity index (χ4v) is 8.94. The predicted molar refractivity (Wildman–Crippen MR) is 203 cm³/mol. The van der Waals surface area contributed by atoms with Gasteiger partial charge < -0.3 is 8.98 Å². The molecule has 0 bridgehead atoms.